The molecule has 1 amide bonds. The number of imidazole rings is 1. The van der Waals surface area contributed by atoms with E-state index in [9.17, 15) is 9.59 Å². The highest BCUT2D eigenvalue weighted by Crippen LogP contribution is 2.19. The van der Waals surface area contributed by atoms with Crippen molar-refractivity contribution in [2.45, 2.75) is 33.2 Å². The minimum atomic E-state index is -0.125. The lowest BCUT2D eigenvalue weighted by Crippen LogP contribution is -2.25. The highest BCUT2D eigenvalue weighted by molar-refractivity contribution is 5.94. The molecule has 0 atom stereocenters. The van der Waals surface area contributed by atoms with Gasteiger partial charge in [0.15, 0.2) is 5.78 Å². The molecule has 6 heteroatoms. The zero-order valence-electron chi connectivity index (χ0n) is 16.7. The van der Waals surface area contributed by atoms with Gasteiger partial charge in [-0.25, -0.2) is 4.98 Å². The molecule has 1 N–H and O–H groups in total. The van der Waals surface area contributed by atoms with Crippen LogP contribution < -0.4 is 10.2 Å². The molecule has 0 bridgehead atoms. The average Bonchev–Trinajstić information content (AvgIpc) is 3.10. The predicted molar refractivity (Wildman–Crippen MR) is 113 cm³/mol. The van der Waals surface area contributed by atoms with Gasteiger partial charge in [0.2, 0.25) is 0 Å². The van der Waals surface area contributed by atoms with Gasteiger partial charge in [0.25, 0.3) is 5.91 Å². The number of aryl methyl sites for hydroxylation is 2. The normalized spacial score (nSPS) is 13.9. The Balaban J connectivity index is 1.47. The molecule has 148 valence electrons. The van der Waals surface area contributed by atoms with Gasteiger partial charge < -0.3 is 10.2 Å². The van der Waals surface area contributed by atoms with Crippen LogP contribution >= 0.6 is 0 Å². The Morgan fingerprint density at radius 1 is 1.21 bits per heavy atom. The molecule has 29 heavy (non-hydrogen) atoms. The summed E-state index contributed by atoms with van der Waals surface area (Å²) in [6.07, 6.45) is 6.57. The number of fused-ring (bicyclic) bond motifs is 1. The first kappa shape index (κ1) is 18.9. The summed E-state index contributed by atoms with van der Waals surface area (Å²) in [5.74, 6) is 0.0364. The fourth-order valence-electron chi connectivity index (χ4n) is 3.53. The van der Waals surface area contributed by atoms with Crippen LogP contribution in [-0.2, 0) is 17.8 Å². The van der Waals surface area contributed by atoms with Gasteiger partial charge in [0, 0.05) is 37.6 Å². The summed E-state index contributed by atoms with van der Waals surface area (Å²) in [5, 5.41) is 3.02. The minimum absolute atomic E-state index is 0.125. The maximum atomic E-state index is 12.9. The third-order valence-corrected chi connectivity index (χ3v) is 5.16. The first-order valence-corrected chi connectivity index (χ1v) is 9.87. The number of ketones is 1. The van der Waals surface area contributed by atoms with Crippen molar-refractivity contribution in [3.05, 3.63) is 77.4 Å². The first-order valence-electron chi connectivity index (χ1n) is 9.87. The van der Waals surface area contributed by atoms with E-state index in [1.54, 1.807) is 6.08 Å². The van der Waals surface area contributed by atoms with Crippen molar-refractivity contribution in [3.63, 3.8) is 0 Å². The number of aromatic nitrogens is 2. The molecule has 1 aliphatic rings. The van der Waals surface area contributed by atoms with Crippen LogP contribution in [0.2, 0.25) is 0 Å². The molecule has 0 spiro atoms. The zero-order valence-corrected chi connectivity index (χ0v) is 16.7. The number of carbonyl (C=O) groups excluding carboxylic acids is 2. The molecule has 2 aromatic heterocycles. The SMILES string of the molecule is CCc1nc2cc(C)ccn2c1C(=O)NCc1ccc(N2C=CC(=O)CC2)cc1. The number of nitrogens with one attached hydrogen (secondary N) is 1. The Morgan fingerprint density at radius 3 is 2.69 bits per heavy atom. The molecule has 4 rings (SSSR count). The molecule has 0 radical (unpaired) electrons. The number of hydrogen-bond donors (Lipinski definition) is 1. The lowest BCUT2D eigenvalue weighted by atomic mass is 10.1. The summed E-state index contributed by atoms with van der Waals surface area (Å²) in [6, 6.07) is 12.0. The van der Waals surface area contributed by atoms with E-state index >= 15 is 0 Å². The van der Waals surface area contributed by atoms with Crippen molar-refractivity contribution in [2.24, 2.45) is 0 Å². The van der Waals surface area contributed by atoms with Crippen LogP contribution in [0.15, 0.2) is 54.9 Å². The van der Waals surface area contributed by atoms with E-state index in [0.717, 1.165) is 28.2 Å². The molecule has 0 saturated heterocycles. The summed E-state index contributed by atoms with van der Waals surface area (Å²) >= 11 is 0. The van der Waals surface area contributed by atoms with Crippen molar-refractivity contribution in [1.82, 2.24) is 14.7 Å². The molecule has 0 aliphatic carbocycles. The van der Waals surface area contributed by atoms with Gasteiger partial charge in [0.05, 0.1) is 5.69 Å². The molecular weight excluding hydrogens is 364 g/mol. The van der Waals surface area contributed by atoms with Crippen molar-refractivity contribution < 1.29 is 9.59 Å². The van der Waals surface area contributed by atoms with Crippen molar-refractivity contribution in [2.75, 3.05) is 11.4 Å². The first-order chi connectivity index (χ1) is 14.0. The molecule has 1 aliphatic heterocycles. The van der Waals surface area contributed by atoms with Crippen molar-refractivity contribution >= 4 is 23.0 Å². The molecule has 0 unspecified atom stereocenters. The number of hydrogen-bond acceptors (Lipinski definition) is 4. The van der Waals surface area contributed by atoms with Crippen LogP contribution in [0.4, 0.5) is 5.69 Å². The fourth-order valence-corrected chi connectivity index (χ4v) is 3.53. The second-order valence-electron chi connectivity index (χ2n) is 7.27. The molecule has 1 aromatic carbocycles. The number of amides is 1. The van der Waals surface area contributed by atoms with Crippen LogP contribution in [0.5, 0.6) is 0 Å². The lowest BCUT2D eigenvalue weighted by Gasteiger charge is -2.23. The van der Waals surface area contributed by atoms with Gasteiger partial charge >= 0.3 is 0 Å². The zero-order chi connectivity index (χ0) is 20.4. The number of nitrogens with zero attached hydrogens (tertiary/aromatic N) is 3. The summed E-state index contributed by atoms with van der Waals surface area (Å²) in [7, 11) is 0. The fraction of sp³-hybridized carbons (Fsp3) is 0.261. The highest BCUT2D eigenvalue weighted by Gasteiger charge is 2.18. The Morgan fingerprint density at radius 2 is 2.00 bits per heavy atom. The number of benzene rings is 1. The maximum Gasteiger partial charge on any atom is 0.270 e. The topological polar surface area (TPSA) is 66.7 Å². The molecule has 3 aromatic rings. The molecular formula is C23H24N4O2. The van der Waals surface area contributed by atoms with E-state index in [1.165, 1.54) is 0 Å². The third kappa shape index (κ3) is 3.92. The summed E-state index contributed by atoms with van der Waals surface area (Å²) in [5.41, 5.74) is 5.36. The second-order valence-corrected chi connectivity index (χ2v) is 7.27. The maximum absolute atomic E-state index is 12.9. The average molecular weight is 388 g/mol. The van der Waals surface area contributed by atoms with E-state index in [2.05, 4.69) is 15.2 Å². The van der Waals surface area contributed by atoms with Gasteiger partial charge in [-0.1, -0.05) is 19.1 Å². The van der Waals surface area contributed by atoms with E-state index < -0.39 is 0 Å². The van der Waals surface area contributed by atoms with Crippen LogP contribution in [0.1, 0.15) is 40.7 Å². The third-order valence-electron chi connectivity index (χ3n) is 5.16. The Labute approximate surface area is 169 Å². The second kappa shape index (κ2) is 7.91. The molecule has 6 nitrogen and oxygen atoms in total. The standard InChI is InChI=1S/C23H24N4O2/c1-3-20-22(27-13-8-16(2)14-21(27)25-20)23(29)24-15-17-4-6-18(7-5-17)26-11-9-19(28)10-12-26/h4-9,11,13-14H,3,10,12,15H2,1-2H3,(H,24,29). The van der Waals surface area contributed by atoms with E-state index in [1.807, 2.05) is 67.0 Å². The van der Waals surface area contributed by atoms with Crippen molar-refractivity contribution in [3.8, 4) is 0 Å². The molecule has 0 saturated carbocycles. The number of anilines is 1. The number of rotatable bonds is 5. The van der Waals surface area contributed by atoms with Crippen LogP contribution in [0, 0.1) is 6.92 Å². The Hall–Kier alpha value is -3.41. The lowest BCUT2D eigenvalue weighted by molar-refractivity contribution is -0.114. The quantitative estimate of drug-likeness (QED) is 0.727. The smallest absolute Gasteiger partial charge is 0.270 e. The largest absolute Gasteiger partial charge is 0.347 e. The summed E-state index contributed by atoms with van der Waals surface area (Å²) in [4.78, 5) is 30.9. The molecule has 0 fully saturated rings. The van der Waals surface area contributed by atoms with Gasteiger partial charge in [0.1, 0.15) is 11.3 Å². The van der Waals surface area contributed by atoms with E-state index in [-0.39, 0.29) is 11.7 Å². The number of carbonyl (C=O) groups is 2. The Kier molecular flexibility index (Phi) is 5.16. The van der Waals surface area contributed by atoms with Crippen LogP contribution in [0.3, 0.4) is 0 Å². The summed E-state index contributed by atoms with van der Waals surface area (Å²) < 4.78 is 1.86. The number of pyridine rings is 1. The van der Waals surface area contributed by atoms with Crippen LogP contribution in [0.25, 0.3) is 5.65 Å². The van der Waals surface area contributed by atoms with Gasteiger partial charge in [-0.3, -0.25) is 14.0 Å². The van der Waals surface area contributed by atoms with Gasteiger partial charge in [-0.2, -0.15) is 0 Å². The monoisotopic (exact) mass is 388 g/mol. The van der Waals surface area contributed by atoms with Gasteiger partial charge in [-0.15, -0.1) is 0 Å². The van der Waals surface area contributed by atoms with Crippen LogP contribution in [-0.4, -0.2) is 27.6 Å². The Bertz CT molecular complexity index is 1100. The summed E-state index contributed by atoms with van der Waals surface area (Å²) in [6.45, 7) is 5.16. The van der Waals surface area contributed by atoms with E-state index in [0.29, 0.717) is 31.6 Å². The van der Waals surface area contributed by atoms with Gasteiger partial charge in [-0.05, 0) is 54.8 Å². The van der Waals surface area contributed by atoms with E-state index in [4.69, 9.17) is 0 Å². The highest BCUT2D eigenvalue weighted by atomic mass is 16.2. The minimum Gasteiger partial charge on any atom is -0.347 e. The number of allylic oxidation sites excluding steroid dienone is 1. The predicted octanol–water partition coefficient (Wildman–Crippen LogP) is 3.43. The molecule has 3 heterocycles. The van der Waals surface area contributed by atoms with Crippen molar-refractivity contribution in [1.29, 1.82) is 0 Å².